The second-order valence-electron chi connectivity index (χ2n) is 17.5. The highest BCUT2D eigenvalue weighted by Gasteiger charge is 2.46. The van der Waals surface area contributed by atoms with Crippen LogP contribution in [0.4, 0.5) is 0 Å². The molecule has 2 heterocycles. The lowest BCUT2D eigenvalue weighted by atomic mass is 9.67. The number of rotatable bonds is 8. The van der Waals surface area contributed by atoms with Gasteiger partial charge in [0.25, 0.3) is 0 Å². The Kier molecular flexibility index (Phi) is 9.36. The molecule has 0 fully saturated rings. The molecule has 0 spiro atoms. The summed E-state index contributed by atoms with van der Waals surface area (Å²) in [5.74, 6) is 1.81. The number of nitrogens with zero attached hydrogens (tertiary/aromatic N) is 3. The number of hydrogen-bond acceptors (Lipinski definition) is 4. The van der Waals surface area contributed by atoms with Crippen molar-refractivity contribution in [3.05, 3.63) is 271 Å². The van der Waals surface area contributed by atoms with Crippen LogP contribution in [-0.4, -0.2) is 15.0 Å². The molecule has 0 unspecified atom stereocenters. The fraction of sp³-hybridized carbons (Fsp3) is 0.0156. The van der Waals surface area contributed by atoms with E-state index in [1.165, 1.54) is 38.9 Å². The van der Waals surface area contributed by atoms with Gasteiger partial charge in [0.15, 0.2) is 17.5 Å². The summed E-state index contributed by atoms with van der Waals surface area (Å²) in [6, 6.07) is 88.4. The molecular formula is C64H41N3O. The van der Waals surface area contributed by atoms with Crippen LogP contribution in [0.15, 0.2) is 253 Å². The molecule has 0 radical (unpaired) electrons. The van der Waals surface area contributed by atoms with E-state index in [4.69, 9.17) is 19.4 Å². The standard InChI is InChI=1S/C64H41N3O/c1-5-16-42(17-6-1)43-32-34-47(35-33-43)62-65-61(46-18-7-2-8-19-46)66-63(67-62)54-25-15-27-59-60(54)55-40-48(37-39-58(55)68-59)44-28-30-45(31-29-44)49-36-38-53-52-24-13-14-26-56(52)64(57(53)41-49,50-20-9-3-10-21-50)51-22-11-4-12-23-51/h1-41H. The van der Waals surface area contributed by atoms with Gasteiger partial charge in [-0.25, -0.2) is 15.0 Å². The Morgan fingerprint density at radius 2 is 0.721 bits per heavy atom. The van der Waals surface area contributed by atoms with Crippen molar-refractivity contribution in [3.63, 3.8) is 0 Å². The molecule has 0 amide bonds. The first-order chi connectivity index (χ1) is 33.7. The number of aromatic nitrogens is 3. The smallest absolute Gasteiger partial charge is 0.164 e. The van der Waals surface area contributed by atoms with E-state index in [9.17, 15) is 0 Å². The third-order valence-corrected chi connectivity index (χ3v) is 13.7. The fourth-order valence-electron chi connectivity index (χ4n) is 10.5. The minimum absolute atomic E-state index is 0.452. The molecule has 1 aliphatic carbocycles. The maximum atomic E-state index is 6.54. The van der Waals surface area contributed by atoms with Crippen LogP contribution in [-0.2, 0) is 5.41 Å². The first kappa shape index (κ1) is 39.4. The molecule has 4 nitrogen and oxygen atoms in total. The summed E-state index contributed by atoms with van der Waals surface area (Å²) in [6.45, 7) is 0. The average Bonchev–Trinajstić information content (AvgIpc) is 3.95. The summed E-state index contributed by atoms with van der Waals surface area (Å²) >= 11 is 0. The summed E-state index contributed by atoms with van der Waals surface area (Å²) in [5.41, 5.74) is 18.4. The first-order valence-electron chi connectivity index (χ1n) is 23.1. The van der Waals surface area contributed by atoms with Crippen molar-refractivity contribution in [1.82, 2.24) is 15.0 Å². The van der Waals surface area contributed by atoms with Crippen LogP contribution in [0.3, 0.4) is 0 Å². The predicted octanol–water partition coefficient (Wildman–Crippen LogP) is 16.1. The van der Waals surface area contributed by atoms with Crippen LogP contribution < -0.4 is 0 Å². The largest absolute Gasteiger partial charge is 0.456 e. The molecule has 12 aromatic rings. The van der Waals surface area contributed by atoms with Gasteiger partial charge in [-0.05, 0) is 91.0 Å². The van der Waals surface area contributed by atoms with Crippen LogP contribution >= 0.6 is 0 Å². The van der Waals surface area contributed by atoms with Gasteiger partial charge in [-0.1, -0.05) is 224 Å². The zero-order chi connectivity index (χ0) is 45.0. The van der Waals surface area contributed by atoms with Crippen LogP contribution in [0.25, 0.3) is 101 Å². The second kappa shape index (κ2) is 16.2. The van der Waals surface area contributed by atoms with Gasteiger partial charge in [-0.15, -0.1) is 0 Å². The Morgan fingerprint density at radius 1 is 0.279 bits per heavy atom. The maximum absolute atomic E-state index is 6.54. The van der Waals surface area contributed by atoms with Crippen molar-refractivity contribution in [1.29, 1.82) is 0 Å². The van der Waals surface area contributed by atoms with E-state index in [0.717, 1.165) is 66.4 Å². The highest BCUT2D eigenvalue weighted by molar-refractivity contribution is 6.12. The SMILES string of the molecule is c1ccc(-c2ccc(-c3nc(-c4ccccc4)nc(-c4cccc5oc6ccc(-c7ccc(-c8ccc9c(c8)C(c8ccccc8)(c8ccccc8)c8ccccc8-9)cc7)cc6c45)n3)cc2)cc1. The molecule has 0 bridgehead atoms. The Hall–Kier alpha value is -8.99. The van der Waals surface area contributed by atoms with Gasteiger partial charge in [0.05, 0.1) is 5.41 Å². The minimum atomic E-state index is -0.452. The molecular weight excluding hydrogens is 827 g/mol. The third kappa shape index (κ3) is 6.49. The summed E-state index contributed by atoms with van der Waals surface area (Å²) in [7, 11) is 0. The van der Waals surface area contributed by atoms with Gasteiger partial charge < -0.3 is 4.42 Å². The van der Waals surface area contributed by atoms with E-state index in [0.29, 0.717) is 17.5 Å². The van der Waals surface area contributed by atoms with Crippen LogP contribution in [0.2, 0.25) is 0 Å². The quantitative estimate of drug-likeness (QED) is 0.153. The van der Waals surface area contributed by atoms with Crippen LogP contribution in [0, 0.1) is 0 Å². The van der Waals surface area contributed by atoms with Crippen molar-refractivity contribution in [2.45, 2.75) is 5.41 Å². The van der Waals surface area contributed by atoms with E-state index < -0.39 is 5.41 Å². The van der Waals surface area contributed by atoms with Crippen molar-refractivity contribution in [2.24, 2.45) is 0 Å². The molecule has 13 rings (SSSR count). The van der Waals surface area contributed by atoms with Crippen LogP contribution in [0.5, 0.6) is 0 Å². The van der Waals surface area contributed by atoms with E-state index in [1.807, 2.05) is 48.5 Å². The predicted molar refractivity (Wildman–Crippen MR) is 277 cm³/mol. The number of furan rings is 1. The first-order valence-corrected chi connectivity index (χ1v) is 23.1. The fourth-order valence-corrected chi connectivity index (χ4v) is 10.5. The zero-order valence-electron chi connectivity index (χ0n) is 36.9. The third-order valence-electron chi connectivity index (χ3n) is 13.7. The molecule has 1 aliphatic rings. The van der Waals surface area contributed by atoms with E-state index in [-0.39, 0.29) is 0 Å². The van der Waals surface area contributed by atoms with Gasteiger partial charge >= 0.3 is 0 Å². The topological polar surface area (TPSA) is 51.8 Å². The Bertz CT molecular complexity index is 3770. The van der Waals surface area contributed by atoms with Gasteiger partial charge in [0, 0.05) is 27.5 Å². The molecule has 10 aromatic carbocycles. The Balaban J connectivity index is 0.891. The van der Waals surface area contributed by atoms with Gasteiger partial charge in [0.2, 0.25) is 0 Å². The molecule has 318 valence electrons. The monoisotopic (exact) mass is 867 g/mol. The highest BCUT2D eigenvalue weighted by Crippen LogP contribution is 2.56. The summed E-state index contributed by atoms with van der Waals surface area (Å²) in [5, 5.41) is 1.97. The lowest BCUT2D eigenvalue weighted by Crippen LogP contribution is -2.28. The molecule has 68 heavy (non-hydrogen) atoms. The number of hydrogen-bond donors (Lipinski definition) is 0. The summed E-state index contributed by atoms with van der Waals surface area (Å²) in [4.78, 5) is 15.3. The van der Waals surface area contributed by atoms with Gasteiger partial charge in [0.1, 0.15) is 11.2 Å². The lowest BCUT2D eigenvalue weighted by Gasteiger charge is -2.34. The molecule has 0 aliphatic heterocycles. The molecule has 0 atom stereocenters. The Labute approximate surface area is 394 Å². The van der Waals surface area contributed by atoms with Crippen LogP contribution in [0.1, 0.15) is 22.3 Å². The van der Waals surface area contributed by atoms with Crippen molar-refractivity contribution in [3.8, 4) is 78.7 Å². The highest BCUT2D eigenvalue weighted by atomic mass is 16.3. The lowest BCUT2D eigenvalue weighted by molar-refractivity contribution is 0.669. The molecule has 0 saturated heterocycles. The second-order valence-corrected chi connectivity index (χ2v) is 17.5. The number of fused-ring (bicyclic) bond motifs is 6. The maximum Gasteiger partial charge on any atom is 0.164 e. The van der Waals surface area contributed by atoms with E-state index in [1.54, 1.807) is 0 Å². The Morgan fingerprint density at radius 3 is 1.37 bits per heavy atom. The zero-order valence-corrected chi connectivity index (χ0v) is 36.9. The van der Waals surface area contributed by atoms with E-state index in [2.05, 4.69) is 200 Å². The summed E-state index contributed by atoms with van der Waals surface area (Å²) in [6.07, 6.45) is 0. The number of benzene rings is 10. The molecule has 0 saturated carbocycles. The summed E-state index contributed by atoms with van der Waals surface area (Å²) < 4.78 is 6.54. The van der Waals surface area contributed by atoms with Crippen molar-refractivity contribution in [2.75, 3.05) is 0 Å². The minimum Gasteiger partial charge on any atom is -0.456 e. The average molecular weight is 868 g/mol. The molecule has 2 aromatic heterocycles. The van der Waals surface area contributed by atoms with Gasteiger partial charge in [-0.3, -0.25) is 0 Å². The molecule has 4 heteroatoms. The van der Waals surface area contributed by atoms with Gasteiger partial charge in [-0.2, -0.15) is 0 Å². The van der Waals surface area contributed by atoms with Crippen molar-refractivity contribution < 1.29 is 4.42 Å². The van der Waals surface area contributed by atoms with E-state index >= 15 is 0 Å². The van der Waals surface area contributed by atoms with Crippen molar-refractivity contribution >= 4 is 21.9 Å². The normalized spacial score (nSPS) is 12.5. The molecule has 0 N–H and O–H groups in total.